The highest BCUT2D eigenvalue weighted by atomic mass is 32.1. The first-order chi connectivity index (χ1) is 37.3. The van der Waals surface area contributed by atoms with Gasteiger partial charge in [-0.3, -0.25) is 34.6 Å². The number of hydrogen-bond donors (Lipinski definition) is 2. The minimum absolute atomic E-state index is 0.233. The largest absolute Gasteiger partial charge is 0.492 e. The number of imide groups is 1. The Morgan fingerprint density at radius 1 is 0.831 bits per heavy atom. The summed E-state index contributed by atoms with van der Waals surface area (Å²) >= 11 is 1.38. The van der Waals surface area contributed by atoms with Gasteiger partial charge in [0.2, 0.25) is 11.8 Å². The molecule has 3 amide bonds. The van der Waals surface area contributed by atoms with Crippen LogP contribution in [0, 0.1) is 12.8 Å². The minimum Gasteiger partial charge on any atom is -0.492 e. The van der Waals surface area contributed by atoms with Gasteiger partial charge in [0.05, 0.1) is 27.3 Å². The number of hydrogen-bond acceptors (Lipinski definition) is 15. The van der Waals surface area contributed by atoms with E-state index in [1.807, 2.05) is 66.0 Å². The summed E-state index contributed by atoms with van der Waals surface area (Å²) in [5.41, 5.74) is 7.09. The van der Waals surface area contributed by atoms with Gasteiger partial charge in [0.15, 0.2) is 10.8 Å². The number of ether oxygens (including phenoxy) is 2. The summed E-state index contributed by atoms with van der Waals surface area (Å²) in [5, 5.41) is 11.6. The molecule has 398 valence electrons. The number of carbonyl (C=O) groups excluding carboxylic acids is 5. The first-order valence-corrected chi connectivity index (χ1v) is 27.0. The smallest absolute Gasteiger partial charge is 0.381 e. The van der Waals surface area contributed by atoms with Gasteiger partial charge in [-0.1, -0.05) is 47.7 Å². The van der Waals surface area contributed by atoms with Gasteiger partial charge < -0.3 is 24.2 Å². The number of alkyl halides is 2. The highest BCUT2D eigenvalue weighted by molar-refractivity contribution is 7.22. The SMILES string of the molecule is Cc1c(OCCN2CCN(CC3CCN(c4ccc5c(C6CCC(=O)NC6=O)nn(C)c5c4)CC3)CC2)cccc1-c1ccc(N2CCc3cccc(C(=O)Nc4nc5ccccc5s4)c3C2)nc1C(=O)OC(=O)C(F)F. The fourth-order valence-electron chi connectivity index (χ4n) is 11.2. The second-order valence-corrected chi connectivity index (χ2v) is 21.2. The third-order valence-corrected chi connectivity index (χ3v) is 16.4. The standard InChI is InChI=1S/C57H58F2N10O7S/c1-34-38(39-15-17-48(61-51(39)55(73)76-56(74)52(58)59)69-24-21-36-7-5-9-40(43(36)33-69)53(71)63-57-60-44-10-3-4-12-47(44)77-57)8-6-11-46(34)75-30-29-66-25-27-67(28-26-66)32-35-19-22-68(23-20-35)37-13-14-41-45(31-37)65(2)64-50(41)42-16-18-49(70)62-54(42)72/h3-15,17,31,35,42,52H,16,18-30,32-33H2,1-2H3,(H,60,63,71)(H,62,70,72). The van der Waals surface area contributed by atoms with Crippen molar-refractivity contribution in [2.75, 3.05) is 80.6 Å². The molecular weight excluding hydrogens is 1010 g/mol. The maximum Gasteiger partial charge on any atom is 0.381 e. The van der Waals surface area contributed by atoms with Crippen molar-refractivity contribution in [2.45, 2.75) is 57.9 Å². The number of aromatic nitrogens is 4. The molecule has 0 radical (unpaired) electrons. The van der Waals surface area contributed by atoms with Crippen LogP contribution in [-0.4, -0.2) is 131 Å². The summed E-state index contributed by atoms with van der Waals surface area (Å²) in [5.74, 6) is -3.01. The normalized spacial score (nSPS) is 17.7. The molecular formula is C57H58F2N10O7S. The Morgan fingerprint density at radius 3 is 2.42 bits per heavy atom. The maximum atomic E-state index is 13.7. The third kappa shape index (κ3) is 11.0. The lowest BCUT2D eigenvalue weighted by Gasteiger charge is -2.39. The topological polar surface area (TPSA) is 184 Å². The highest BCUT2D eigenvalue weighted by Gasteiger charge is 2.33. The summed E-state index contributed by atoms with van der Waals surface area (Å²) in [7, 11) is 1.90. The quantitative estimate of drug-likeness (QED) is 0.0612. The van der Waals surface area contributed by atoms with Gasteiger partial charge in [-0.15, -0.1) is 0 Å². The number of nitrogens with one attached hydrogen (secondary N) is 2. The van der Waals surface area contributed by atoms with E-state index < -0.39 is 24.3 Å². The number of aryl methyl sites for hydroxylation is 1. The number of rotatable bonds is 14. The Bertz CT molecular complexity index is 3390. The Balaban J connectivity index is 0.694. The molecule has 77 heavy (non-hydrogen) atoms. The van der Waals surface area contributed by atoms with Crippen molar-refractivity contribution in [2.24, 2.45) is 13.0 Å². The zero-order valence-corrected chi connectivity index (χ0v) is 43.6. The average molecular weight is 1070 g/mol. The highest BCUT2D eigenvalue weighted by Crippen LogP contribution is 2.37. The fourth-order valence-corrected chi connectivity index (χ4v) is 12.1. The molecule has 3 aromatic heterocycles. The summed E-state index contributed by atoms with van der Waals surface area (Å²) in [6, 6.07) is 28.4. The van der Waals surface area contributed by atoms with Crippen LogP contribution in [0.25, 0.3) is 32.2 Å². The number of thiazole rings is 1. The van der Waals surface area contributed by atoms with E-state index in [1.165, 1.54) is 11.3 Å². The van der Waals surface area contributed by atoms with Gasteiger partial charge in [-0.2, -0.15) is 13.9 Å². The number of fused-ring (bicyclic) bond motifs is 3. The zero-order valence-electron chi connectivity index (χ0n) is 42.8. The molecule has 17 nitrogen and oxygen atoms in total. The van der Waals surface area contributed by atoms with Crippen LogP contribution in [0.15, 0.2) is 91.0 Å². The molecule has 2 N–H and O–H groups in total. The number of para-hydroxylation sites is 1. The van der Waals surface area contributed by atoms with Gasteiger partial charge in [0, 0.05) is 101 Å². The molecule has 7 aromatic rings. The number of amides is 3. The number of benzene rings is 4. The Kier molecular flexibility index (Phi) is 14.8. The van der Waals surface area contributed by atoms with Gasteiger partial charge in [0.25, 0.3) is 5.91 Å². The first-order valence-electron chi connectivity index (χ1n) is 26.1. The van der Waals surface area contributed by atoms with Crippen molar-refractivity contribution < 1.29 is 42.2 Å². The van der Waals surface area contributed by atoms with E-state index in [0.717, 1.165) is 102 Å². The number of esters is 2. The molecule has 0 aliphatic carbocycles. The van der Waals surface area contributed by atoms with Crippen LogP contribution in [-0.2, 0) is 39.1 Å². The van der Waals surface area contributed by atoms with Gasteiger partial charge >= 0.3 is 18.4 Å². The number of anilines is 3. The third-order valence-electron chi connectivity index (χ3n) is 15.4. The van der Waals surface area contributed by atoms with E-state index in [4.69, 9.17) is 9.84 Å². The van der Waals surface area contributed by atoms with E-state index in [2.05, 4.69) is 58.2 Å². The number of carbonyl (C=O) groups is 5. The van der Waals surface area contributed by atoms with Crippen LogP contribution < -0.4 is 25.2 Å². The molecule has 0 bridgehead atoms. The zero-order chi connectivity index (χ0) is 53.3. The summed E-state index contributed by atoms with van der Waals surface area (Å²) in [4.78, 5) is 82.4. The van der Waals surface area contributed by atoms with Gasteiger partial charge in [-0.05, 0) is 115 Å². The summed E-state index contributed by atoms with van der Waals surface area (Å²) < 4.78 is 40.7. The van der Waals surface area contributed by atoms with E-state index in [1.54, 1.807) is 30.3 Å². The number of nitrogens with zero attached hydrogens (tertiary/aromatic N) is 8. The van der Waals surface area contributed by atoms with E-state index in [0.29, 0.717) is 78.3 Å². The Hall–Kier alpha value is -7.68. The molecule has 20 heteroatoms. The van der Waals surface area contributed by atoms with Crippen LogP contribution in [0.4, 0.5) is 25.4 Å². The second-order valence-electron chi connectivity index (χ2n) is 20.2. The van der Waals surface area contributed by atoms with Crippen molar-refractivity contribution in [3.05, 3.63) is 125 Å². The number of piperidine rings is 2. The molecule has 0 saturated carbocycles. The molecule has 1 atom stereocenters. The van der Waals surface area contributed by atoms with Crippen molar-refractivity contribution in [3.63, 3.8) is 0 Å². The second kappa shape index (κ2) is 22.1. The van der Waals surface area contributed by atoms with E-state index in [-0.39, 0.29) is 35.5 Å². The molecule has 11 rings (SSSR count). The van der Waals surface area contributed by atoms with Crippen molar-refractivity contribution >= 4 is 78.8 Å². The van der Waals surface area contributed by atoms with Crippen LogP contribution in [0.3, 0.4) is 0 Å². The van der Waals surface area contributed by atoms with Gasteiger partial charge in [-0.25, -0.2) is 19.6 Å². The summed E-state index contributed by atoms with van der Waals surface area (Å²) in [6.45, 7) is 10.4. The Morgan fingerprint density at radius 2 is 1.62 bits per heavy atom. The average Bonchev–Trinajstić information content (AvgIpc) is 4.05. The van der Waals surface area contributed by atoms with Crippen LogP contribution in [0.1, 0.15) is 74.8 Å². The molecule has 1 unspecified atom stereocenters. The number of pyridine rings is 1. The predicted molar refractivity (Wildman–Crippen MR) is 289 cm³/mol. The lowest BCUT2D eigenvalue weighted by molar-refractivity contribution is -0.150. The van der Waals surface area contributed by atoms with Crippen molar-refractivity contribution in [1.82, 2.24) is 34.9 Å². The number of piperazine rings is 1. The predicted octanol–water partition coefficient (Wildman–Crippen LogP) is 7.75. The lowest BCUT2D eigenvalue weighted by atomic mass is 9.92. The molecule has 7 heterocycles. The van der Waals surface area contributed by atoms with Crippen LogP contribution in [0.5, 0.6) is 5.75 Å². The van der Waals surface area contributed by atoms with Crippen molar-refractivity contribution in [3.8, 4) is 16.9 Å². The van der Waals surface area contributed by atoms with Crippen molar-refractivity contribution in [1.29, 1.82) is 0 Å². The minimum atomic E-state index is -3.52. The Labute approximate surface area is 447 Å². The number of halogens is 2. The lowest BCUT2D eigenvalue weighted by Crippen LogP contribution is -2.49. The van der Waals surface area contributed by atoms with E-state index >= 15 is 0 Å². The molecule has 3 saturated heterocycles. The summed E-state index contributed by atoms with van der Waals surface area (Å²) in [6.07, 6.45) is 0.0137. The monoisotopic (exact) mass is 1060 g/mol. The molecule has 4 aromatic carbocycles. The van der Waals surface area contributed by atoms with Gasteiger partial charge in [0.1, 0.15) is 18.2 Å². The van der Waals surface area contributed by atoms with E-state index in [9.17, 15) is 32.8 Å². The maximum absolute atomic E-state index is 13.7. The molecule has 3 fully saturated rings. The van der Waals surface area contributed by atoms with Crippen LogP contribution >= 0.6 is 11.3 Å². The van der Waals surface area contributed by atoms with Crippen LogP contribution in [0.2, 0.25) is 0 Å². The first kappa shape index (κ1) is 51.4. The molecule has 4 aliphatic rings. The fraction of sp³-hybridized carbons (Fsp3) is 0.368. The molecule has 0 spiro atoms. The molecule has 4 aliphatic heterocycles.